The third-order valence-electron chi connectivity index (χ3n) is 4.54. The largest absolute Gasteiger partial charge is 0.481 e. The van der Waals surface area contributed by atoms with E-state index in [-0.39, 0.29) is 23.9 Å². The molecule has 2 rings (SSSR count). The summed E-state index contributed by atoms with van der Waals surface area (Å²) in [6, 6.07) is -0.477. The molecule has 2 atom stereocenters. The summed E-state index contributed by atoms with van der Waals surface area (Å²) < 4.78 is 0. The monoisotopic (exact) mass is 297 g/mol. The maximum atomic E-state index is 12.2. The van der Waals surface area contributed by atoms with Gasteiger partial charge >= 0.3 is 12.0 Å². The van der Waals surface area contributed by atoms with Gasteiger partial charge in [0.1, 0.15) is 0 Å². The molecule has 7 nitrogen and oxygen atoms in total. The highest BCUT2D eigenvalue weighted by molar-refractivity contribution is 5.80. The van der Waals surface area contributed by atoms with E-state index >= 15 is 0 Å². The number of hydrogen-bond acceptors (Lipinski definition) is 3. The summed E-state index contributed by atoms with van der Waals surface area (Å²) in [5.41, 5.74) is 0. The lowest BCUT2D eigenvalue weighted by Crippen LogP contribution is -2.50. The Hall–Kier alpha value is -1.79. The second kappa shape index (κ2) is 6.78. The molecule has 1 heterocycles. The molecule has 7 heteroatoms. The van der Waals surface area contributed by atoms with Gasteiger partial charge in [0.05, 0.1) is 5.92 Å². The van der Waals surface area contributed by atoms with Crippen molar-refractivity contribution in [3.05, 3.63) is 0 Å². The van der Waals surface area contributed by atoms with Crippen molar-refractivity contribution >= 4 is 17.9 Å². The van der Waals surface area contributed by atoms with E-state index in [4.69, 9.17) is 5.11 Å². The number of urea groups is 1. The van der Waals surface area contributed by atoms with E-state index in [1.807, 2.05) is 0 Å². The van der Waals surface area contributed by atoms with Crippen LogP contribution >= 0.6 is 0 Å². The van der Waals surface area contributed by atoms with Gasteiger partial charge in [0.15, 0.2) is 0 Å². The van der Waals surface area contributed by atoms with Crippen LogP contribution in [0, 0.1) is 11.8 Å². The van der Waals surface area contributed by atoms with Crippen molar-refractivity contribution in [2.75, 3.05) is 20.1 Å². The molecular formula is C14H23N3O4. The van der Waals surface area contributed by atoms with Crippen LogP contribution in [-0.4, -0.2) is 54.1 Å². The van der Waals surface area contributed by atoms with E-state index in [2.05, 4.69) is 10.6 Å². The normalized spacial score (nSPS) is 26.4. The minimum atomic E-state index is -0.837. The van der Waals surface area contributed by atoms with Gasteiger partial charge < -0.3 is 20.6 Å². The lowest BCUT2D eigenvalue weighted by molar-refractivity contribution is -0.142. The molecule has 1 saturated carbocycles. The molecule has 0 aromatic rings. The molecule has 1 aliphatic carbocycles. The second-order valence-electron chi connectivity index (χ2n) is 5.81. The van der Waals surface area contributed by atoms with E-state index in [0.29, 0.717) is 32.4 Å². The lowest BCUT2D eigenvalue weighted by atomic mass is 9.96. The summed E-state index contributed by atoms with van der Waals surface area (Å²) in [7, 11) is 1.62. The van der Waals surface area contributed by atoms with Crippen LogP contribution in [0.2, 0.25) is 0 Å². The second-order valence-corrected chi connectivity index (χ2v) is 5.81. The number of carboxylic acid groups (broad SMARTS) is 1. The minimum Gasteiger partial charge on any atom is -0.481 e. The van der Waals surface area contributed by atoms with Gasteiger partial charge in [-0.05, 0) is 25.7 Å². The number of carbonyl (C=O) groups excluding carboxylic acids is 2. The van der Waals surface area contributed by atoms with Gasteiger partial charge in [0.25, 0.3) is 0 Å². The molecule has 0 aromatic carbocycles. The van der Waals surface area contributed by atoms with Crippen molar-refractivity contribution in [1.82, 2.24) is 15.5 Å². The number of nitrogens with one attached hydrogen (secondary N) is 2. The summed E-state index contributed by atoms with van der Waals surface area (Å²) in [5.74, 6) is -1.32. The highest BCUT2D eigenvalue weighted by Crippen LogP contribution is 2.26. The van der Waals surface area contributed by atoms with Crippen molar-refractivity contribution in [2.24, 2.45) is 11.8 Å². The quantitative estimate of drug-likeness (QED) is 0.702. The molecule has 3 N–H and O–H groups in total. The zero-order chi connectivity index (χ0) is 15.4. The van der Waals surface area contributed by atoms with E-state index in [1.54, 1.807) is 11.9 Å². The first-order valence-corrected chi connectivity index (χ1v) is 7.52. The van der Waals surface area contributed by atoms with Gasteiger partial charge in [-0.1, -0.05) is 6.42 Å². The van der Waals surface area contributed by atoms with Gasteiger partial charge in [-0.15, -0.1) is 0 Å². The van der Waals surface area contributed by atoms with Crippen LogP contribution in [0.5, 0.6) is 0 Å². The number of rotatable bonds is 3. The molecule has 1 saturated heterocycles. The number of amides is 3. The summed E-state index contributed by atoms with van der Waals surface area (Å²) in [4.78, 5) is 36.5. The molecule has 0 spiro atoms. The Morgan fingerprint density at radius 3 is 2.33 bits per heavy atom. The number of likely N-dealkylation sites (tertiary alicyclic amines) is 1. The number of nitrogens with zero attached hydrogens (tertiary/aromatic N) is 1. The molecular weight excluding hydrogens is 274 g/mol. The Morgan fingerprint density at radius 1 is 1.10 bits per heavy atom. The van der Waals surface area contributed by atoms with Crippen LogP contribution < -0.4 is 10.6 Å². The van der Waals surface area contributed by atoms with Crippen LogP contribution in [0.1, 0.15) is 32.1 Å². The van der Waals surface area contributed by atoms with Crippen molar-refractivity contribution in [3.8, 4) is 0 Å². The van der Waals surface area contributed by atoms with E-state index in [9.17, 15) is 14.4 Å². The van der Waals surface area contributed by atoms with Gasteiger partial charge in [-0.25, -0.2) is 4.79 Å². The predicted octanol–water partition coefficient (Wildman–Crippen LogP) is 0.407. The molecule has 21 heavy (non-hydrogen) atoms. The third kappa shape index (κ3) is 3.65. The van der Waals surface area contributed by atoms with Crippen LogP contribution in [0.15, 0.2) is 0 Å². The fraction of sp³-hybridized carbons (Fsp3) is 0.786. The fourth-order valence-electron chi connectivity index (χ4n) is 3.23. The van der Waals surface area contributed by atoms with Crippen molar-refractivity contribution in [2.45, 2.75) is 38.1 Å². The SMILES string of the molecule is CNC(=O)C1CCN(C(=O)NC2CCCC2C(=O)O)CC1. The predicted molar refractivity (Wildman–Crippen MR) is 75.7 cm³/mol. The van der Waals surface area contributed by atoms with Gasteiger partial charge in [-0.2, -0.15) is 0 Å². The molecule has 0 aromatic heterocycles. The third-order valence-corrected chi connectivity index (χ3v) is 4.54. The van der Waals surface area contributed by atoms with E-state index in [1.165, 1.54) is 0 Å². The minimum absolute atomic E-state index is 0.0248. The lowest BCUT2D eigenvalue weighted by Gasteiger charge is -2.32. The number of hydrogen-bond donors (Lipinski definition) is 3. The Kier molecular flexibility index (Phi) is 5.03. The Morgan fingerprint density at radius 2 is 1.76 bits per heavy atom. The van der Waals surface area contributed by atoms with Crippen molar-refractivity contribution in [3.63, 3.8) is 0 Å². The fourth-order valence-corrected chi connectivity index (χ4v) is 3.23. The number of piperidine rings is 1. The van der Waals surface area contributed by atoms with Crippen LogP contribution in [-0.2, 0) is 9.59 Å². The van der Waals surface area contributed by atoms with E-state index in [0.717, 1.165) is 12.8 Å². The Bertz CT molecular complexity index is 418. The summed E-state index contributed by atoms with van der Waals surface area (Å²) in [6.07, 6.45) is 3.48. The van der Waals surface area contributed by atoms with Crippen LogP contribution in [0.4, 0.5) is 4.79 Å². The van der Waals surface area contributed by atoms with Crippen molar-refractivity contribution < 1.29 is 19.5 Å². The zero-order valence-corrected chi connectivity index (χ0v) is 12.3. The molecule has 0 bridgehead atoms. The first kappa shape index (κ1) is 15.6. The number of carboxylic acids is 1. The van der Waals surface area contributed by atoms with Crippen LogP contribution in [0.25, 0.3) is 0 Å². The molecule has 118 valence electrons. The molecule has 2 unspecified atom stereocenters. The zero-order valence-electron chi connectivity index (χ0n) is 12.3. The maximum absolute atomic E-state index is 12.2. The average Bonchev–Trinajstić information content (AvgIpc) is 2.95. The highest BCUT2D eigenvalue weighted by Gasteiger charge is 2.35. The summed E-state index contributed by atoms with van der Waals surface area (Å²) in [5, 5.41) is 14.6. The standard InChI is InChI=1S/C14H23N3O4/c1-15-12(18)9-5-7-17(8-6-9)14(21)16-11-4-2-3-10(11)13(19)20/h9-11H,2-8H2,1H3,(H,15,18)(H,16,21)(H,19,20). The van der Waals surface area contributed by atoms with Crippen LogP contribution in [0.3, 0.4) is 0 Å². The first-order chi connectivity index (χ1) is 10.0. The maximum Gasteiger partial charge on any atom is 0.317 e. The first-order valence-electron chi connectivity index (χ1n) is 7.52. The molecule has 0 radical (unpaired) electrons. The molecule has 3 amide bonds. The highest BCUT2D eigenvalue weighted by atomic mass is 16.4. The molecule has 2 fully saturated rings. The van der Waals surface area contributed by atoms with Crippen molar-refractivity contribution in [1.29, 1.82) is 0 Å². The molecule has 2 aliphatic rings. The average molecular weight is 297 g/mol. The van der Waals surface area contributed by atoms with E-state index < -0.39 is 11.9 Å². The Labute approximate surface area is 124 Å². The summed E-state index contributed by atoms with van der Waals surface area (Å²) in [6.45, 7) is 1.07. The Balaban J connectivity index is 1.82. The topological polar surface area (TPSA) is 98.7 Å². The van der Waals surface area contributed by atoms with Gasteiger partial charge in [-0.3, -0.25) is 9.59 Å². The van der Waals surface area contributed by atoms with Gasteiger partial charge in [0, 0.05) is 32.1 Å². The number of aliphatic carboxylic acids is 1. The number of carbonyl (C=O) groups is 3. The smallest absolute Gasteiger partial charge is 0.317 e. The van der Waals surface area contributed by atoms with Gasteiger partial charge in [0.2, 0.25) is 5.91 Å². The summed E-state index contributed by atoms with van der Waals surface area (Å²) >= 11 is 0. The molecule has 1 aliphatic heterocycles.